The van der Waals surface area contributed by atoms with Crippen LogP contribution in [0.3, 0.4) is 0 Å². The molecule has 0 N–H and O–H groups in total. The SMILES string of the molecule is c1ccc2cc(-c3ccc(-c4nc(-c5ccc6sc7ccccc7c6c5)c5sc6ccccc6c5n4)c4c3oc3ccccc34)ccc2c1. The summed E-state index contributed by atoms with van der Waals surface area (Å²) in [6, 6.07) is 51.7. The van der Waals surface area contributed by atoms with Crippen molar-refractivity contribution in [2.75, 3.05) is 0 Å². The Kier molecular flexibility index (Phi) is 5.70. The van der Waals surface area contributed by atoms with Gasteiger partial charge in [-0.3, -0.25) is 0 Å². The molecule has 228 valence electrons. The average Bonchev–Trinajstić information content (AvgIpc) is 3.85. The first-order chi connectivity index (χ1) is 24.3. The van der Waals surface area contributed by atoms with Gasteiger partial charge in [0.05, 0.1) is 15.9 Å². The molecule has 0 aliphatic carbocycles. The van der Waals surface area contributed by atoms with Gasteiger partial charge in [0.15, 0.2) is 5.82 Å². The lowest BCUT2D eigenvalue weighted by Gasteiger charge is -2.11. The molecule has 3 nitrogen and oxygen atoms in total. The third-order valence-corrected chi connectivity index (χ3v) is 12.0. The summed E-state index contributed by atoms with van der Waals surface area (Å²) in [5, 5.41) is 8.20. The predicted octanol–water partition coefficient (Wildman–Crippen LogP) is 13.3. The van der Waals surface area contributed by atoms with Gasteiger partial charge in [-0.1, -0.05) is 97.1 Å². The summed E-state index contributed by atoms with van der Waals surface area (Å²) < 4.78 is 11.6. The minimum Gasteiger partial charge on any atom is -0.455 e. The molecule has 4 heterocycles. The number of nitrogens with zero attached hydrogens (tertiary/aromatic N) is 2. The van der Waals surface area contributed by atoms with E-state index < -0.39 is 0 Å². The van der Waals surface area contributed by atoms with Crippen molar-refractivity contribution < 1.29 is 4.42 Å². The molecule has 0 radical (unpaired) electrons. The number of aromatic nitrogens is 2. The lowest BCUT2D eigenvalue weighted by atomic mass is 9.96. The van der Waals surface area contributed by atoms with E-state index in [0.717, 1.165) is 65.5 Å². The Morgan fingerprint density at radius 1 is 0.469 bits per heavy atom. The largest absolute Gasteiger partial charge is 0.455 e. The highest BCUT2D eigenvalue weighted by molar-refractivity contribution is 7.26. The van der Waals surface area contributed by atoms with Crippen LogP contribution in [0.5, 0.6) is 0 Å². The molecule has 4 aromatic heterocycles. The molecule has 0 atom stereocenters. The van der Waals surface area contributed by atoms with Crippen molar-refractivity contribution in [1.29, 1.82) is 0 Å². The van der Waals surface area contributed by atoms with E-state index in [1.54, 1.807) is 11.3 Å². The number of hydrogen-bond acceptors (Lipinski definition) is 5. The summed E-state index contributed by atoms with van der Waals surface area (Å²) in [5.41, 5.74) is 7.87. The first-order valence-electron chi connectivity index (χ1n) is 16.3. The molecule has 0 aliphatic rings. The quantitative estimate of drug-likeness (QED) is 0.189. The number of rotatable bonds is 3. The molecule has 0 saturated carbocycles. The van der Waals surface area contributed by atoms with Gasteiger partial charge in [-0.05, 0) is 64.9 Å². The monoisotopic (exact) mass is 660 g/mol. The van der Waals surface area contributed by atoms with Gasteiger partial charge in [-0.2, -0.15) is 0 Å². The van der Waals surface area contributed by atoms with Crippen LogP contribution < -0.4 is 0 Å². The fourth-order valence-corrected chi connectivity index (χ4v) is 9.62. The van der Waals surface area contributed by atoms with Crippen molar-refractivity contribution in [1.82, 2.24) is 9.97 Å². The molecule has 0 aliphatic heterocycles. The van der Waals surface area contributed by atoms with Crippen LogP contribution in [0.25, 0.3) is 107 Å². The lowest BCUT2D eigenvalue weighted by molar-refractivity contribution is 0.670. The second kappa shape index (κ2) is 10.3. The molecule has 0 saturated heterocycles. The highest BCUT2D eigenvalue weighted by Gasteiger charge is 2.22. The van der Waals surface area contributed by atoms with Crippen molar-refractivity contribution >= 4 is 95.9 Å². The van der Waals surface area contributed by atoms with E-state index in [1.165, 1.54) is 35.6 Å². The fraction of sp³-hybridized carbons (Fsp3) is 0. The fourth-order valence-electron chi connectivity index (χ4n) is 7.38. The summed E-state index contributed by atoms with van der Waals surface area (Å²) in [6.45, 7) is 0. The average molecular weight is 661 g/mol. The van der Waals surface area contributed by atoms with Gasteiger partial charge in [-0.25, -0.2) is 9.97 Å². The summed E-state index contributed by atoms with van der Waals surface area (Å²) in [4.78, 5) is 10.8. The topological polar surface area (TPSA) is 38.9 Å². The number of para-hydroxylation sites is 1. The third-order valence-electron chi connectivity index (χ3n) is 9.70. The molecule has 11 aromatic rings. The van der Waals surface area contributed by atoms with Crippen LogP contribution in [0.15, 0.2) is 150 Å². The summed E-state index contributed by atoms with van der Waals surface area (Å²) in [6.07, 6.45) is 0. The van der Waals surface area contributed by atoms with E-state index in [2.05, 4.69) is 133 Å². The summed E-state index contributed by atoms with van der Waals surface area (Å²) in [5.74, 6) is 0.697. The number of hydrogen-bond donors (Lipinski definition) is 0. The molecule has 11 rings (SSSR count). The van der Waals surface area contributed by atoms with Crippen molar-refractivity contribution in [3.8, 4) is 33.8 Å². The predicted molar refractivity (Wildman–Crippen MR) is 209 cm³/mol. The molecule has 0 amide bonds. The van der Waals surface area contributed by atoms with E-state index in [4.69, 9.17) is 14.4 Å². The smallest absolute Gasteiger partial charge is 0.161 e. The van der Waals surface area contributed by atoms with Gasteiger partial charge in [0.1, 0.15) is 11.2 Å². The van der Waals surface area contributed by atoms with E-state index in [0.29, 0.717) is 5.82 Å². The Morgan fingerprint density at radius 3 is 2.06 bits per heavy atom. The standard InChI is InChI=1S/C44H24N2OS2/c1-2-10-26-23-27(18-17-25(26)9-1)29-20-21-33(39-31-12-3-6-14-35(31)47-42(29)39)44-45-40(43-41(46-44)32-13-5-8-16-37(32)49-43)28-19-22-38-34(24-28)30-11-4-7-15-36(30)48-38/h1-24H. The van der Waals surface area contributed by atoms with Crippen molar-refractivity contribution in [3.63, 3.8) is 0 Å². The maximum atomic E-state index is 6.70. The van der Waals surface area contributed by atoms with Crippen LogP contribution in [0, 0.1) is 0 Å². The van der Waals surface area contributed by atoms with Gasteiger partial charge in [0.25, 0.3) is 0 Å². The zero-order chi connectivity index (χ0) is 32.1. The number of fused-ring (bicyclic) bond motifs is 10. The second-order valence-corrected chi connectivity index (χ2v) is 14.6. The van der Waals surface area contributed by atoms with Crippen LogP contribution in [0.1, 0.15) is 0 Å². The van der Waals surface area contributed by atoms with E-state index in [-0.39, 0.29) is 0 Å². The van der Waals surface area contributed by atoms with Gasteiger partial charge in [-0.15, -0.1) is 22.7 Å². The molecule has 49 heavy (non-hydrogen) atoms. The second-order valence-electron chi connectivity index (χ2n) is 12.5. The molecule has 5 heteroatoms. The Balaban J connectivity index is 1.21. The summed E-state index contributed by atoms with van der Waals surface area (Å²) >= 11 is 3.60. The van der Waals surface area contributed by atoms with Crippen LogP contribution in [-0.2, 0) is 0 Å². The Bertz CT molecular complexity index is 3130. The maximum absolute atomic E-state index is 6.70. The lowest BCUT2D eigenvalue weighted by Crippen LogP contribution is -1.94. The van der Waals surface area contributed by atoms with Crippen molar-refractivity contribution in [2.24, 2.45) is 0 Å². The normalized spacial score (nSPS) is 12.1. The maximum Gasteiger partial charge on any atom is 0.161 e. The van der Waals surface area contributed by atoms with Gasteiger partial charge in [0, 0.05) is 57.7 Å². The number of benzene rings is 7. The van der Waals surface area contributed by atoms with Crippen LogP contribution in [0.2, 0.25) is 0 Å². The minimum absolute atomic E-state index is 0.697. The van der Waals surface area contributed by atoms with E-state index >= 15 is 0 Å². The molecule has 0 unspecified atom stereocenters. The van der Waals surface area contributed by atoms with Crippen LogP contribution in [0.4, 0.5) is 0 Å². The molecular weight excluding hydrogens is 637 g/mol. The molecule has 0 spiro atoms. The first-order valence-corrected chi connectivity index (χ1v) is 17.9. The Labute approximate surface area is 288 Å². The highest BCUT2D eigenvalue weighted by atomic mass is 32.1. The first kappa shape index (κ1) is 27.1. The molecule has 0 fully saturated rings. The number of furan rings is 1. The summed E-state index contributed by atoms with van der Waals surface area (Å²) in [7, 11) is 0. The van der Waals surface area contributed by atoms with Crippen LogP contribution >= 0.6 is 22.7 Å². The zero-order valence-electron chi connectivity index (χ0n) is 26.0. The van der Waals surface area contributed by atoms with E-state index in [9.17, 15) is 0 Å². The van der Waals surface area contributed by atoms with Gasteiger partial charge >= 0.3 is 0 Å². The Hall–Kier alpha value is -5.88. The molecular formula is C44H24N2OS2. The number of thiophene rings is 2. The van der Waals surface area contributed by atoms with Crippen molar-refractivity contribution in [3.05, 3.63) is 146 Å². The zero-order valence-corrected chi connectivity index (χ0v) is 27.6. The highest BCUT2D eigenvalue weighted by Crippen LogP contribution is 2.45. The Morgan fingerprint density at radius 2 is 1.16 bits per heavy atom. The molecule has 7 aromatic carbocycles. The van der Waals surface area contributed by atoms with Crippen LogP contribution in [-0.4, -0.2) is 9.97 Å². The van der Waals surface area contributed by atoms with Crippen molar-refractivity contribution in [2.45, 2.75) is 0 Å². The van der Waals surface area contributed by atoms with Gasteiger partial charge < -0.3 is 4.42 Å². The third kappa shape index (κ3) is 4.07. The minimum atomic E-state index is 0.697. The molecule has 0 bridgehead atoms. The van der Waals surface area contributed by atoms with E-state index in [1.807, 2.05) is 23.5 Å². The van der Waals surface area contributed by atoms with Gasteiger partial charge in [0.2, 0.25) is 0 Å².